The molecule has 2 aliphatic rings. The molecule has 1 heterocycles. The van der Waals surface area contributed by atoms with E-state index in [4.69, 9.17) is 0 Å². The standard InChI is InChI=1S/C15H17NO2/c17-13-4-1-10(2-5-13)11-3-6-14-12(9-11)7-8-16-15(14)18/h3,6,9-10H,1-2,4-5,7-8H2,(H,16,18). The maximum atomic E-state index is 11.7. The first-order valence-electron chi connectivity index (χ1n) is 6.67. The van der Waals surface area contributed by atoms with Gasteiger partial charge in [0.2, 0.25) is 0 Å². The topological polar surface area (TPSA) is 46.2 Å². The average molecular weight is 243 g/mol. The predicted molar refractivity (Wildman–Crippen MR) is 68.7 cm³/mol. The van der Waals surface area contributed by atoms with E-state index in [1.54, 1.807) is 0 Å². The van der Waals surface area contributed by atoms with Gasteiger partial charge in [-0.05, 0) is 42.4 Å². The highest BCUT2D eigenvalue weighted by molar-refractivity contribution is 5.96. The van der Waals surface area contributed by atoms with Gasteiger partial charge in [-0.25, -0.2) is 0 Å². The normalized spacial score (nSPS) is 20.4. The van der Waals surface area contributed by atoms with Crippen LogP contribution in [0, 0.1) is 0 Å². The van der Waals surface area contributed by atoms with Crippen molar-refractivity contribution in [2.75, 3.05) is 6.54 Å². The van der Waals surface area contributed by atoms with Crippen LogP contribution < -0.4 is 5.32 Å². The third-order valence-electron chi connectivity index (χ3n) is 4.07. The molecule has 1 N–H and O–H groups in total. The van der Waals surface area contributed by atoms with E-state index in [-0.39, 0.29) is 5.91 Å². The molecule has 0 atom stereocenters. The van der Waals surface area contributed by atoms with Crippen LogP contribution in [-0.4, -0.2) is 18.2 Å². The van der Waals surface area contributed by atoms with Gasteiger partial charge in [-0.15, -0.1) is 0 Å². The molecule has 0 bridgehead atoms. The van der Waals surface area contributed by atoms with Crippen LogP contribution in [0.1, 0.15) is 53.1 Å². The minimum absolute atomic E-state index is 0.0432. The van der Waals surface area contributed by atoms with Crippen LogP contribution in [0.25, 0.3) is 0 Å². The van der Waals surface area contributed by atoms with E-state index in [1.165, 1.54) is 5.56 Å². The number of nitrogens with one attached hydrogen (secondary N) is 1. The third-order valence-corrected chi connectivity index (χ3v) is 4.07. The number of hydrogen-bond donors (Lipinski definition) is 1. The van der Waals surface area contributed by atoms with Crippen molar-refractivity contribution in [2.24, 2.45) is 0 Å². The SMILES string of the molecule is O=C1CCC(c2ccc3c(c2)CCNC3=O)CC1. The maximum absolute atomic E-state index is 11.7. The Hall–Kier alpha value is -1.64. The van der Waals surface area contributed by atoms with E-state index >= 15 is 0 Å². The Morgan fingerprint density at radius 1 is 1.06 bits per heavy atom. The van der Waals surface area contributed by atoms with Gasteiger partial charge in [0.1, 0.15) is 5.78 Å². The van der Waals surface area contributed by atoms with Gasteiger partial charge in [0.25, 0.3) is 5.91 Å². The second kappa shape index (κ2) is 4.56. The quantitative estimate of drug-likeness (QED) is 0.822. The highest BCUT2D eigenvalue weighted by Crippen LogP contribution is 2.32. The first kappa shape index (κ1) is 11.5. The number of fused-ring (bicyclic) bond motifs is 1. The van der Waals surface area contributed by atoms with E-state index in [9.17, 15) is 9.59 Å². The Bertz CT molecular complexity index is 497. The van der Waals surface area contributed by atoms with Gasteiger partial charge in [-0.2, -0.15) is 0 Å². The fraction of sp³-hybridized carbons (Fsp3) is 0.467. The van der Waals surface area contributed by atoms with Gasteiger partial charge in [-0.3, -0.25) is 9.59 Å². The number of Topliss-reactive ketones (excluding diaryl/α,β-unsaturated/α-hetero) is 1. The Labute approximate surface area is 107 Å². The zero-order valence-corrected chi connectivity index (χ0v) is 10.4. The second-order valence-electron chi connectivity index (χ2n) is 5.24. The number of benzene rings is 1. The minimum atomic E-state index is 0.0432. The Kier molecular flexibility index (Phi) is 2.90. The van der Waals surface area contributed by atoms with Crippen molar-refractivity contribution in [3.05, 3.63) is 34.9 Å². The van der Waals surface area contributed by atoms with E-state index < -0.39 is 0 Å². The summed E-state index contributed by atoms with van der Waals surface area (Å²) in [6.45, 7) is 0.735. The third kappa shape index (κ3) is 2.05. The van der Waals surface area contributed by atoms with Crippen molar-refractivity contribution in [1.29, 1.82) is 0 Å². The monoisotopic (exact) mass is 243 g/mol. The van der Waals surface area contributed by atoms with Gasteiger partial charge in [0.15, 0.2) is 0 Å². The van der Waals surface area contributed by atoms with Crippen LogP contribution in [0.3, 0.4) is 0 Å². The van der Waals surface area contributed by atoms with Crippen LogP contribution >= 0.6 is 0 Å². The van der Waals surface area contributed by atoms with Crippen molar-refractivity contribution in [1.82, 2.24) is 5.32 Å². The lowest BCUT2D eigenvalue weighted by Crippen LogP contribution is -2.31. The van der Waals surface area contributed by atoms with Crippen molar-refractivity contribution in [2.45, 2.75) is 38.0 Å². The summed E-state index contributed by atoms with van der Waals surface area (Å²) in [7, 11) is 0. The number of carbonyl (C=O) groups is 2. The summed E-state index contributed by atoms with van der Waals surface area (Å²) in [4.78, 5) is 22.9. The summed E-state index contributed by atoms with van der Waals surface area (Å²) in [5.74, 6) is 0.934. The highest BCUT2D eigenvalue weighted by Gasteiger charge is 2.22. The van der Waals surface area contributed by atoms with Crippen LogP contribution in [0.4, 0.5) is 0 Å². The van der Waals surface area contributed by atoms with Gasteiger partial charge in [-0.1, -0.05) is 12.1 Å². The smallest absolute Gasteiger partial charge is 0.251 e. The highest BCUT2D eigenvalue weighted by atomic mass is 16.1. The molecular weight excluding hydrogens is 226 g/mol. The maximum Gasteiger partial charge on any atom is 0.251 e. The Balaban J connectivity index is 1.86. The van der Waals surface area contributed by atoms with Crippen LogP contribution in [0.15, 0.2) is 18.2 Å². The Morgan fingerprint density at radius 3 is 2.61 bits per heavy atom. The summed E-state index contributed by atoms with van der Waals surface area (Å²) in [6, 6.07) is 6.17. The number of rotatable bonds is 1. The van der Waals surface area contributed by atoms with Crippen LogP contribution in [0.2, 0.25) is 0 Å². The molecule has 3 rings (SSSR count). The van der Waals surface area contributed by atoms with Crippen molar-refractivity contribution in [3.8, 4) is 0 Å². The van der Waals surface area contributed by atoms with Gasteiger partial charge >= 0.3 is 0 Å². The number of hydrogen-bond acceptors (Lipinski definition) is 2. The summed E-state index contributed by atoms with van der Waals surface area (Å²) in [6.07, 6.45) is 4.26. The molecule has 0 aromatic heterocycles. The molecule has 1 saturated carbocycles. The zero-order valence-electron chi connectivity index (χ0n) is 10.4. The molecule has 1 aliphatic carbocycles. The number of ketones is 1. The van der Waals surface area contributed by atoms with Gasteiger partial charge in [0.05, 0.1) is 0 Å². The molecule has 0 saturated heterocycles. The van der Waals surface area contributed by atoms with E-state index in [0.29, 0.717) is 24.5 Å². The van der Waals surface area contributed by atoms with Gasteiger partial charge < -0.3 is 5.32 Å². The number of carbonyl (C=O) groups excluding carboxylic acids is 2. The van der Waals surface area contributed by atoms with E-state index in [0.717, 1.165) is 36.9 Å². The van der Waals surface area contributed by atoms with Crippen molar-refractivity contribution in [3.63, 3.8) is 0 Å². The molecule has 1 amide bonds. The fourth-order valence-corrected chi connectivity index (χ4v) is 2.97. The molecule has 1 aliphatic heterocycles. The first-order valence-corrected chi connectivity index (χ1v) is 6.67. The number of amides is 1. The lowest BCUT2D eigenvalue weighted by molar-refractivity contribution is -0.120. The summed E-state index contributed by atoms with van der Waals surface area (Å²) in [5.41, 5.74) is 3.28. The molecule has 94 valence electrons. The fourth-order valence-electron chi connectivity index (χ4n) is 2.97. The molecule has 3 heteroatoms. The largest absolute Gasteiger partial charge is 0.352 e. The average Bonchev–Trinajstić information content (AvgIpc) is 2.39. The molecule has 0 spiro atoms. The molecule has 1 aromatic rings. The summed E-state index contributed by atoms with van der Waals surface area (Å²) < 4.78 is 0. The lowest BCUT2D eigenvalue weighted by Gasteiger charge is -2.24. The Morgan fingerprint density at radius 2 is 1.83 bits per heavy atom. The molecule has 1 aromatic carbocycles. The van der Waals surface area contributed by atoms with Crippen LogP contribution in [-0.2, 0) is 11.2 Å². The lowest BCUT2D eigenvalue weighted by atomic mass is 9.82. The summed E-state index contributed by atoms with van der Waals surface area (Å²) in [5, 5.41) is 2.86. The first-order chi connectivity index (χ1) is 8.74. The molecule has 0 radical (unpaired) electrons. The molecule has 18 heavy (non-hydrogen) atoms. The van der Waals surface area contributed by atoms with Crippen molar-refractivity contribution >= 4 is 11.7 Å². The van der Waals surface area contributed by atoms with Gasteiger partial charge in [0, 0.05) is 24.9 Å². The zero-order chi connectivity index (χ0) is 12.5. The molecule has 3 nitrogen and oxygen atoms in total. The predicted octanol–water partition coefficient (Wildman–Crippen LogP) is 2.20. The second-order valence-corrected chi connectivity index (χ2v) is 5.24. The summed E-state index contributed by atoms with van der Waals surface area (Å²) >= 11 is 0. The molecule has 1 fully saturated rings. The van der Waals surface area contributed by atoms with Crippen LogP contribution in [0.5, 0.6) is 0 Å². The van der Waals surface area contributed by atoms with E-state index in [1.807, 2.05) is 6.07 Å². The van der Waals surface area contributed by atoms with E-state index in [2.05, 4.69) is 17.4 Å². The molecular formula is C15H17NO2. The minimum Gasteiger partial charge on any atom is -0.352 e. The molecule has 0 unspecified atom stereocenters. The van der Waals surface area contributed by atoms with Crippen molar-refractivity contribution < 1.29 is 9.59 Å².